The zero-order chi connectivity index (χ0) is 25.8. The number of esters is 1. The van der Waals surface area contributed by atoms with Crippen LogP contribution in [0.3, 0.4) is 0 Å². The monoisotopic (exact) mass is 499 g/mol. The number of hydrogen-bond donors (Lipinski definition) is 0. The van der Waals surface area contributed by atoms with Gasteiger partial charge in [0.05, 0.1) is 23.7 Å². The van der Waals surface area contributed by atoms with Gasteiger partial charge in [0.15, 0.2) is 0 Å². The van der Waals surface area contributed by atoms with Gasteiger partial charge in [0.2, 0.25) is 5.82 Å². The lowest BCUT2D eigenvalue weighted by atomic mass is 10.1. The van der Waals surface area contributed by atoms with Gasteiger partial charge in [-0.2, -0.15) is 4.98 Å². The predicted octanol–water partition coefficient (Wildman–Crippen LogP) is 4.52. The maximum Gasteiger partial charge on any atom is 0.305 e. The third kappa shape index (κ3) is 5.13. The minimum absolute atomic E-state index is 0.270. The smallest absolute Gasteiger partial charge is 0.305 e. The van der Waals surface area contributed by atoms with Crippen LogP contribution in [0.5, 0.6) is 0 Å². The van der Waals surface area contributed by atoms with E-state index in [0.717, 1.165) is 5.56 Å². The van der Waals surface area contributed by atoms with Gasteiger partial charge >= 0.3 is 5.97 Å². The molecule has 0 unspecified atom stereocenters. The van der Waals surface area contributed by atoms with Gasteiger partial charge in [-0.25, -0.2) is 9.37 Å². The second kappa shape index (κ2) is 10.5. The highest BCUT2D eigenvalue weighted by atomic mass is 19.1. The van der Waals surface area contributed by atoms with Crippen molar-refractivity contribution in [2.75, 3.05) is 7.11 Å². The molecular formula is C27H22FN5O4. The number of fused-ring (bicyclic) bond motifs is 1. The molecule has 2 aromatic carbocycles. The summed E-state index contributed by atoms with van der Waals surface area (Å²) >= 11 is 0. The Kier molecular flexibility index (Phi) is 6.80. The zero-order valence-electron chi connectivity index (χ0n) is 19.9. The first-order valence-electron chi connectivity index (χ1n) is 11.7. The van der Waals surface area contributed by atoms with Gasteiger partial charge in [0, 0.05) is 36.4 Å². The van der Waals surface area contributed by atoms with Crippen molar-refractivity contribution in [1.29, 1.82) is 0 Å². The van der Waals surface area contributed by atoms with Crippen molar-refractivity contribution in [2.45, 2.75) is 25.7 Å². The molecule has 0 aliphatic heterocycles. The van der Waals surface area contributed by atoms with Crippen molar-refractivity contribution in [1.82, 2.24) is 24.7 Å². The summed E-state index contributed by atoms with van der Waals surface area (Å²) in [5.74, 6) is 0.511. The Bertz CT molecular complexity index is 1610. The second-order valence-electron chi connectivity index (χ2n) is 8.32. The summed E-state index contributed by atoms with van der Waals surface area (Å²) in [6.45, 7) is 0. The number of ether oxygens (including phenoxy) is 1. The number of aryl methyl sites for hydroxylation is 1. The van der Waals surface area contributed by atoms with Crippen LogP contribution < -0.4 is 5.56 Å². The van der Waals surface area contributed by atoms with E-state index in [1.54, 1.807) is 42.7 Å². The van der Waals surface area contributed by atoms with Gasteiger partial charge in [0.25, 0.3) is 11.4 Å². The SMILES string of the molecule is COC(=O)CCCCc1nc2cc(-c3noc(-c4ccncc4)n3)ccc2c(=O)n1-c1ccc(F)cc1. The van der Waals surface area contributed by atoms with E-state index in [2.05, 4.69) is 15.1 Å². The van der Waals surface area contributed by atoms with E-state index < -0.39 is 5.82 Å². The van der Waals surface area contributed by atoms with E-state index in [9.17, 15) is 14.0 Å². The average molecular weight is 500 g/mol. The number of carbonyl (C=O) groups is 1. The fraction of sp³-hybridized carbons (Fsp3) is 0.185. The summed E-state index contributed by atoms with van der Waals surface area (Å²) in [4.78, 5) is 38.3. The number of pyridine rings is 1. The molecule has 0 radical (unpaired) electrons. The van der Waals surface area contributed by atoms with Crippen LogP contribution in [0.2, 0.25) is 0 Å². The molecule has 0 spiro atoms. The lowest BCUT2D eigenvalue weighted by Crippen LogP contribution is -2.24. The summed E-state index contributed by atoms with van der Waals surface area (Å²) in [5, 5.41) is 4.47. The van der Waals surface area contributed by atoms with Crippen molar-refractivity contribution < 1.29 is 18.4 Å². The molecular weight excluding hydrogens is 477 g/mol. The van der Waals surface area contributed by atoms with E-state index in [4.69, 9.17) is 14.2 Å². The first-order valence-corrected chi connectivity index (χ1v) is 11.7. The van der Waals surface area contributed by atoms with E-state index in [1.807, 2.05) is 0 Å². The Morgan fingerprint density at radius 1 is 1.00 bits per heavy atom. The number of carbonyl (C=O) groups excluding carboxylic acids is 1. The highest BCUT2D eigenvalue weighted by molar-refractivity contribution is 5.83. The summed E-state index contributed by atoms with van der Waals surface area (Å²) in [5.41, 5.74) is 2.08. The fourth-order valence-corrected chi connectivity index (χ4v) is 4.00. The number of hydrogen-bond acceptors (Lipinski definition) is 8. The predicted molar refractivity (Wildman–Crippen MR) is 133 cm³/mol. The Hall–Kier alpha value is -4.73. The molecule has 5 rings (SSSR count). The van der Waals surface area contributed by atoms with Crippen LogP contribution in [0.1, 0.15) is 25.1 Å². The van der Waals surface area contributed by atoms with Crippen molar-refractivity contribution in [2.24, 2.45) is 0 Å². The summed E-state index contributed by atoms with van der Waals surface area (Å²) in [6.07, 6.45) is 5.15. The lowest BCUT2D eigenvalue weighted by molar-refractivity contribution is -0.140. The Labute approximate surface area is 210 Å². The minimum Gasteiger partial charge on any atom is -0.469 e. The number of methoxy groups -OCH3 is 1. The molecule has 0 aliphatic carbocycles. The lowest BCUT2D eigenvalue weighted by Gasteiger charge is -2.14. The van der Waals surface area contributed by atoms with Crippen LogP contribution in [-0.2, 0) is 16.0 Å². The topological polar surface area (TPSA) is 113 Å². The van der Waals surface area contributed by atoms with E-state index >= 15 is 0 Å². The number of unbranched alkanes of at least 4 members (excludes halogenated alkanes) is 1. The quantitative estimate of drug-likeness (QED) is 0.226. The van der Waals surface area contributed by atoms with Gasteiger partial charge in [-0.3, -0.25) is 19.1 Å². The van der Waals surface area contributed by atoms with Crippen molar-refractivity contribution in [3.05, 3.63) is 89.0 Å². The van der Waals surface area contributed by atoms with Crippen LogP contribution in [0.4, 0.5) is 4.39 Å². The van der Waals surface area contributed by atoms with E-state index in [1.165, 1.54) is 35.9 Å². The van der Waals surface area contributed by atoms with Crippen molar-refractivity contribution in [3.63, 3.8) is 0 Å². The summed E-state index contributed by atoms with van der Waals surface area (Å²) < 4.78 is 25.1. The highest BCUT2D eigenvalue weighted by Gasteiger charge is 2.16. The average Bonchev–Trinajstić information content (AvgIpc) is 3.42. The maximum atomic E-state index is 13.6. The fourth-order valence-electron chi connectivity index (χ4n) is 4.00. The molecule has 5 aromatic rings. The molecule has 10 heteroatoms. The summed E-state index contributed by atoms with van der Waals surface area (Å²) in [6, 6.07) is 14.4. The number of rotatable bonds is 8. The minimum atomic E-state index is -0.402. The molecule has 9 nitrogen and oxygen atoms in total. The van der Waals surface area contributed by atoms with Gasteiger partial charge in [-0.15, -0.1) is 0 Å². The van der Waals surface area contributed by atoms with Gasteiger partial charge < -0.3 is 9.26 Å². The third-order valence-corrected chi connectivity index (χ3v) is 5.89. The Morgan fingerprint density at radius 3 is 2.54 bits per heavy atom. The number of benzene rings is 2. The van der Waals surface area contributed by atoms with Gasteiger partial charge in [0.1, 0.15) is 11.6 Å². The molecule has 37 heavy (non-hydrogen) atoms. The number of halogens is 1. The molecule has 3 heterocycles. The molecule has 0 atom stereocenters. The molecule has 0 amide bonds. The number of nitrogens with zero attached hydrogens (tertiary/aromatic N) is 5. The van der Waals surface area contributed by atoms with Crippen LogP contribution in [0, 0.1) is 5.82 Å². The molecule has 0 fully saturated rings. The first kappa shape index (κ1) is 24.0. The zero-order valence-corrected chi connectivity index (χ0v) is 19.9. The van der Waals surface area contributed by atoms with Gasteiger partial charge in [-0.05, 0) is 61.4 Å². The molecule has 3 aromatic heterocycles. The van der Waals surface area contributed by atoms with Crippen LogP contribution in [0.25, 0.3) is 39.4 Å². The van der Waals surface area contributed by atoms with Crippen LogP contribution in [0.15, 0.2) is 76.3 Å². The number of aromatic nitrogens is 5. The van der Waals surface area contributed by atoms with Crippen LogP contribution >= 0.6 is 0 Å². The molecule has 0 N–H and O–H groups in total. The molecule has 0 aliphatic rings. The van der Waals surface area contributed by atoms with E-state index in [0.29, 0.717) is 59.0 Å². The Morgan fingerprint density at radius 2 is 1.78 bits per heavy atom. The first-order chi connectivity index (χ1) is 18.0. The molecule has 0 bridgehead atoms. The van der Waals surface area contributed by atoms with Crippen molar-refractivity contribution >= 4 is 16.9 Å². The molecule has 186 valence electrons. The summed E-state index contributed by atoms with van der Waals surface area (Å²) in [7, 11) is 1.35. The highest BCUT2D eigenvalue weighted by Crippen LogP contribution is 2.24. The molecule has 0 saturated heterocycles. The third-order valence-electron chi connectivity index (χ3n) is 5.89. The van der Waals surface area contributed by atoms with Crippen LogP contribution in [-0.4, -0.2) is 37.8 Å². The second-order valence-corrected chi connectivity index (χ2v) is 8.32. The largest absolute Gasteiger partial charge is 0.469 e. The molecule has 0 saturated carbocycles. The van der Waals surface area contributed by atoms with Gasteiger partial charge in [-0.1, -0.05) is 11.2 Å². The Balaban J connectivity index is 1.54. The van der Waals surface area contributed by atoms with Crippen molar-refractivity contribution in [3.8, 4) is 28.5 Å². The normalized spacial score (nSPS) is 11.1. The standard InChI is InChI=1S/C27H22FN5O4/c1-36-24(34)5-3-2-4-23-30-22-16-18(25-31-26(37-32-25)17-12-14-29-15-13-17)6-11-21(22)27(35)33(23)20-9-7-19(28)8-10-20/h6-16H,2-5H2,1H3. The maximum absolute atomic E-state index is 13.6. The van der Waals surface area contributed by atoms with E-state index in [-0.39, 0.29) is 17.9 Å².